The molecule has 2 heterocycles. The molecule has 0 amide bonds. The minimum absolute atomic E-state index is 0.0736. The van der Waals surface area contributed by atoms with E-state index in [1.54, 1.807) is 4.57 Å². The second-order valence-corrected chi connectivity index (χ2v) is 5.15. The number of para-hydroxylation sites is 3. The maximum absolute atomic E-state index is 12.4. The molecule has 4 nitrogen and oxygen atoms in total. The summed E-state index contributed by atoms with van der Waals surface area (Å²) < 4.78 is 7.53. The van der Waals surface area contributed by atoms with E-state index in [9.17, 15) is 4.79 Å². The van der Waals surface area contributed by atoms with Gasteiger partial charge in [0.25, 0.3) is 0 Å². The van der Waals surface area contributed by atoms with Gasteiger partial charge >= 0.3 is 5.69 Å². The normalized spacial score (nSPS) is 17.2. The predicted molar refractivity (Wildman–Crippen MR) is 82.5 cm³/mol. The van der Waals surface area contributed by atoms with Crippen molar-refractivity contribution < 1.29 is 4.74 Å². The zero-order chi connectivity index (χ0) is 14.4. The molecule has 1 atom stereocenters. The molecule has 0 radical (unpaired) electrons. The number of nitrogens with one attached hydrogen (secondary N) is 1. The van der Waals surface area contributed by atoms with Crippen molar-refractivity contribution in [1.82, 2.24) is 9.55 Å². The molecule has 0 bridgehead atoms. The molecule has 0 aliphatic carbocycles. The summed E-state index contributed by atoms with van der Waals surface area (Å²) in [4.78, 5) is 15.3. The molecule has 104 valence electrons. The van der Waals surface area contributed by atoms with E-state index in [2.05, 4.69) is 4.98 Å². The number of nitrogens with zero attached hydrogens (tertiary/aromatic N) is 1. The number of benzene rings is 2. The third kappa shape index (κ3) is 1.80. The van der Waals surface area contributed by atoms with Crippen LogP contribution in [0.4, 0.5) is 0 Å². The molecular formula is C17H14N2O2. The molecule has 1 aliphatic rings. The van der Waals surface area contributed by atoms with Crippen molar-refractivity contribution in [2.24, 2.45) is 0 Å². The molecule has 1 aromatic heterocycles. The maximum Gasteiger partial charge on any atom is 0.331 e. The Morgan fingerprint density at radius 3 is 2.76 bits per heavy atom. The zero-order valence-electron chi connectivity index (χ0n) is 11.5. The fourth-order valence-electron chi connectivity index (χ4n) is 2.82. The monoisotopic (exact) mass is 278 g/mol. The highest BCUT2D eigenvalue weighted by Gasteiger charge is 2.21. The first-order valence-electron chi connectivity index (χ1n) is 6.92. The Kier molecular flexibility index (Phi) is 2.51. The van der Waals surface area contributed by atoms with Crippen LogP contribution in [0.5, 0.6) is 5.75 Å². The second-order valence-electron chi connectivity index (χ2n) is 5.15. The second kappa shape index (κ2) is 4.38. The number of aromatic amines is 1. The SMILES string of the molecule is CC1C=C(n2c(=O)[nH]c3ccccc32)c2ccccc2O1. The molecule has 4 heteroatoms. The average Bonchev–Trinajstić information content (AvgIpc) is 2.82. The van der Waals surface area contributed by atoms with Gasteiger partial charge in [0.1, 0.15) is 11.9 Å². The number of aromatic nitrogens is 2. The van der Waals surface area contributed by atoms with Crippen LogP contribution in [0, 0.1) is 0 Å². The number of rotatable bonds is 1. The van der Waals surface area contributed by atoms with Crippen LogP contribution in [0.15, 0.2) is 59.4 Å². The largest absolute Gasteiger partial charge is 0.486 e. The Morgan fingerprint density at radius 1 is 1.10 bits per heavy atom. The molecule has 21 heavy (non-hydrogen) atoms. The molecule has 1 unspecified atom stereocenters. The Balaban J connectivity index is 2.04. The van der Waals surface area contributed by atoms with Gasteiger partial charge in [-0.25, -0.2) is 4.79 Å². The van der Waals surface area contributed by atoms with Crippen LogP contribution in [0.3, 0.4) is 0 Å². The van der Waals surface area contributed by atoms with Gasteiger partial charge in [0.05, 0.1) is 16.7 Å². The Morgan fingerprint density at radius 2 is 1.86 bits per heavy atom. The summed E-state index contributed by atoms with van der Waals surface area (Å²) in [6.45, 7) is 1.97. The molecular weight excluding hydrogens is 264 g/mol. The lowest BCUT2D eigenvalue weighted by atomic mass is 10.1. The Labute approximate surface area is 121 Å². The van der Waals surface area contributed by atoms with E-state index in [4.69, 9.17) is 4.74 Å². The minimum Gasteiger partial charge on any atom is -0.486 e. The van der Waals surface area contributed by atoms with Gasteiger partial charge in [0.15, 0.2) is 0 Å². The molecule has 0 spiro atoms. The van der Waals surface area contributed by atoms with Crippen LogP contribution in [0.25, 0.3) is 16.7 Å². The van der Waals surface area contributed by atoms with Crippen molar-refractivity contribution in [3.8, 4) is 5.75 Å². The summed E-state index contributed by atoms with van der Waals surface area (Å²) in [5.41, 5.74) is 3.37. The van der Waals surface area contributed by atoms with Crippen molar-refractivity contribution in [3.05, 3.63) is 70.7 Å². The number of fused-ring (bicyclic) bond motifs is 2. The van der Waals surface area contributed by atoms with Crippen molar-refractivity contribution in [3.63, 3.8) is 0 Å². The van der Waals surface area contributed by atoms with Gasteiger partial charge in [0.2, 0.25) is 0 Å². The summed E-state index contributed by atoms with van der Waals surface area (Å²) in [7, 11) is 0. The molecule has 0 saturated heterocycles. The molecule has 0 fully saturated rings. The Bertz CT molecular complexity index is 918. The molecule has 2 aromatic carbocycles. The van der Waals surface area contributed by atoms with E-state index in [-0.39, 0.29) is 11.8 Å². The number of hydrogen-bond donors (Lipinski definition) is 1. The zero-order valence-corrected chi connectivity index (χ0v) is 11.5. The van der Waals surface area contributed by atoms with Crippen molar-refractivity contribution in [2.75, 3.05) is 0 Å². The highest BCUT2D eigenvalue weighted by atomic mass is 16.5. The summed E-state index contributed by atoms with van der Waals surface area (Å²) >= 11 is 0. The maximum atomic E-state index is 12.4. The quantitative estimate of drug-likeness (QED) is 0.744. The highest BCUT2D eigenvalue weighted by Crippen LogP contribution is 2.33. The standard InChI is InChI=1S/C17H14N2O2/c1-11-10-15(12-6-2-5-9-16(12)21-11)19-14-8-4-3-7-13(14)18-17(19)20/h2-11H,1H3,(H,18,20). The van der Waals surface area contributed by atoms with Gasteiger partial charge < -0.3 is 9.72 Å². The van der Waals surface area contributed by atoms with Gasteiger partial charge in [0, 0.05) is 5.56 Å². The van der Waals surface area contributed by atoms with Crippen LogP contribution >= 0.6 is 0 Å². The highest BCUT2D eigenvalue weighted by molar-refractivity contribution is 5.84. The smallest absolute Gasteiger partial charge is 0.331 e. The summed E-state index contributed by atoms with van der Waals surface area (Å²) in [5.74, 6) is 0.805. The third-order valence-electron chi connectivity index (χ3n) is 3.70. The molecule has 1 aliphatic heterocycles. The van der Waals surface area contributed by atoms with Crippen LogP contribution in [-0.2, 0) is 0 Å². The minimum atomic E-state index is -0.133. The fourth-order valence-corrected chi connectivity index (χ4v) is 2.82. The predicted octanol–water partition coefficient (Wildman–Crippen LogP) is 3.00. The first-order valence-corrected chi connectivity index (χ1v) is 6.92. The summed E-state index contributed by atoms with van der Waals surface area (Å²) in [6, 6.07) is 15.5. The lowest BCUT2D eigenvalue weighted by Crippen LogP contribution is -2.23. The lowest BCUT2D eigenvalue weighted by Gasteiger charge is -2.23. The van der Waals surface area contributed by atoms with Crippen LogP contribution in [-0.4, -0.2) is 15.7 Å². The number of H-pyrrole nitrogens is 1. The van der Waals surface area contributed by atoms with Gasteiger partial charge in [-0.05, 0) is 37.3 Å². The topological polar surface area (TPSA) is 47.0 Å². The first kappa shape index (κ1) is 12.0. The lowest BCUT2D eigenvalue weighted by molar-refractivity contribution is 0.264. The van der Waals surface area contributed by atoms with E-state index < -0.39 is 0 Å². The molecule has 3 aromatic rings. The number of ether oxygens (including phenoxy) is 1. The van der Waals surface area contributed by atoms with E-state index in [1.807, 2.05) is 61.5 Å². The van der Waals surface area contributed by atoms with Gasteiger partial charge in [-0.15, -0.1) is 0 Å². The van der Waals surface area contributed by atoms with Crippen molar-refractivity contribution >= 4 is 16.7 Å². The fraction of sp³-hybridized carbons (Fsp3) is 0.118. The summed E-state index contributed by atoms with van der Waals surface area (Å²) in [5, 5.41) is 0. The van der Waals surface area contributed by atoms with E-state index in [0.717, 1.165) is 28.0 Å². The van der Waals surface area contributed by atoms with Crippen molar-refractivity contribution in [2.45, 2.75) is 13.0 Å². The third-order valence-corrected chi connectivity index (χ3v) is 3.70. The van der Waals surface area contributed by atoms with Gasteiger partial charge in [-0.2, -0.15) is 0 Å². The summed E-state index contributed by atoms with van der Waals surface area (Å²) in [6.07, 6.45) is 1.90. The van der Waals surface area contributed by atoms with Crippen LogP contribution in [0.1, 0.15) is 12.5 Å². The van der Waals surface area contributed by atoms with Crippen LogP contribution in [0.2, 0.25) is 0 Å². The van der Waals surface area contributed by atoms with Gasteiger partial charge in [-0.1, -0.05) is 24.3 Å². The van der Waals surface area contributed by atoms with Gasteiger partial charge in [-0.3, -0.25) is 4.57 Å². The van der Waals surface area contributed by atoms with Crippen LogP contribution < -0.4 is 10.4 Å². The van der Waals surface area contributed by atoms with Crippen molar-refractivity contribution in [1.29, 1.82) is 0 Å². The number of imidazole rings is 1. The molecule has 4 rings (SSSR count). The first-order chi connectivity index (χ1) is 10.2. The van der Waals surface area contributed by atoms with E-state index in [0.29, 0.717) is 0 Å². The van der Waals surface area contributed by atoms with E-state index >= 15 is 0 Å². The molecule has 0 saturated carbocycles. The number of hydrogen-bond acceptors (Lipinski definition) is 2. The Hall–Kier alpha value is -2.75. The van der Waals surface area contributed by atoms with E-state index in [1.165, 1.54) is 0 Å². The average molecular weight is 278 g/mol. The molecule has 1 N–H and O–H groups in total.